The summed E-state index contributed by atoms with van der Waals surface area (Å²) in [5.74, 6) is -0.225. The van der Waals surface area contributed by atoms with E-state index in [0.29, 0.717) is 5.56 Å². The number of nitrogens with zero attached hydrogens (tertiary/aromatic N) is 2. The van der Waals surface area contributed by atoms with Crippen LogP contribution in [0.25, 0.3) is 6.08 Å². The summed E-state index contributed by atoms with van der Waals surface area (Å²) in [6.07, 6.45) is 4.91. The van der Waals surface area contributed by atoms with Crippen molar-refractivity contribution in [2.24, 2.45) is 5.10 Å². The predicted molar refractivity (Wildman–Crippen MR) is 96.6 cm³/mol. The first-order valence-electron chi connectivity index (χ1n) is 7.02. The second-order valence-electron chi connectivity index (χ2n) is 4.83. The van der Waals surface area contributed by atoms with E-state index in [9.17, 15) is 14.9 Å². The second kappa shape index (κ2) is 8.73. The topological polar surface area (TPSA) is 84.6 Å². The Morgan fingerprint density at radius 3 is 2.71 bits per heavy atom. The van der Waals surface area contributed by atoms with Crippen molar-refractivity contribution in [2.75, 3.05) is 0 Å². The lowest BCUT2D eigenvalue weighted by Gasteiger charge is -2.00. The molecule has 0 radical (unpaired) electrons. The second-order valence-corrected chi connectivity index (χ2v) is 5.74. The molecule has 0 heterocycles. The first kappa shape index (κ1) is 17.6. The normalized spacial score (nSPS) is 11.0. The van der Waals surface area contributed by atoms with Crippen molar-refractivity contribution in [2.45, 2.75) is 6.42 Å². The molecule has 2 aromatic rings. The number of nitrogens with one attached hydrogen (secondary N) is 1. The SMILES string of the molecule is O=C(Cc1ccc(Br)cc1)NN=CC=Cc1cccc([N+](=O)[O-])c1. The zero-order valence-electron chi connectivity index (χ0n) is 12.6. The lowest BCUT2D eigenvalue weighted by molar-refractivity contribution is -0.384. The fourth-order valence-corrected chi connectivity index (χ4v) is 2.14. The van der Waals surface area contributed by atoms with Gasteiger partial charge in [0.2, 0.25) is 5.91 Å². The summed E-state index contributed by atoms with van der Waals surface area (Å²) in [6, 6.07) is 13.7. The first-order valence-corrected chi connectivity index (χ1v) is 7.81. The third-order valence-electron chi connectivity index (χ3n) is 3.00. The van der Waals surface area contributed by atoms with Gasteiger partial charge in [-0.3, -0.25) is 14.9 Å². The Morgan fingerprint density at radius 2 is 2.00 bits per heavy atom. The fraction of sp³-hybridized carbons (Fsp3) is 0.0588. The smallest absolute Gasteiger partial charge is 0.270 e. The number of nitro groups is 1. The number of carbonyl (C=O) groups is 1. The highest BCUT2D eigenvalue weighted by Gasteiger charge is 2.03. The van der Waals surface area contributed by atoms with Crippen LogP contribution in [0.4, 0.5) is 5.69 Å². The highest BCUT2D eigenvalue weighted by molar-refractivity contribution is 9.10. The van der Waals surface area contributed by atoms with E-state index in [-0.39, 0.29) is 18.0 Å². The number of halogens is 1. The summed E-state index contributed by atoms with van der Waals surface area (Å²) in [4.78, 5) is 21.9. The van der Waals surface area contributed by atoms with E-state index in [0.717, 1.165) is 10.0 Å². The van der Waals surface area contributed by atoms with Gasteiger partial charge in [-0.1, -0.05) is 46.3 Å². The van der Waals surface area contributed by atoms with Crippen molar-refractivity contribution in [3.05, 3.63) is 80.3 Å². The maximum atomic E-state index is 11.7. The molecule has 0 saturated carbocycles. The van der Waals surface area contributed by atoms with E-state index in [1.54, 1.807) is 24.3 Å². The molecule has 0 saturated heterocycles. The number of benzene rings is 2. The van der Waals surface area contributed by atoms with Crippen molar-refractivity contribution in [1.82, 2.24) is 5.43 Å². The Hall–Kier alpha value is -2.80. The van der Waals surface area contributed by atoms with Gasteiger partial charge < -0.3 is 0 Å². The first-order chi connectivity index (χ1) is 11.5. The van der Waals surface area contributed by atoms with Gasteiger partial charge in [-0.25, -0.2) is 5.43 Å². The Balaban J connectivity index is 1.83. The molecule has 122 valence electrons. The molecule has 1 N–H and O–H groups in total. The third-order valence-corrected chi connectivity index (χ3v) is 3.53. The minimum Gasteiger partial charge on any atom is -0.273 e. The maximum absolute atomic E-state index is 11.7. The van der Waals surface area contributed by atoms with E-state index in [1.807, 2.05) is 24.3 Å². The largest absolute Gasteiger partial charge is 0.273 e. The molecule has 0 aliphatic carbocycles. The maximum Gasteiger partial charge on any atom is 0.270 e. The van der Waals surface area contributed by atoms with Crippen LogP contribution in [0.15, 0.2) is 64.2 Å². The molecule has 0 aromatic heterocycles. The number of non-ortho nitro benzene ring substituents is 1. The molecule has 1 amide bonds. The van der Waals surface area contributed by atoms with Gasteiger partial charge in [-0.05, 0) is 29.3 Å². The number of nitro benzene ring substituents is 1. The molecule has 0 unspecified atom stereocenters. The molecule has 6 nitrogen and oxygen atoms in total. The van der Waals surface area contributed by atoms with E-state index in [1.165, 1.54) is 18.3 Å². The van der Waals surface area contributed by atoms with Crippen LogP contribution < -0.4 is 5.43 Å². The van der Waals surface area contributed by atoms with Gasteiger partial charge in [0.15, 0.2) is 0 Å². The Kier molecular flexibility index (Phi) is 6.39. The van der Waals surface area contributed by atoms with Gasteiger partial charge in [0.05, 0.1) is 11.3 Å². The molecular weight excluding hydrogens is 374 g/mol. The molecule has 24 heavy (non-hydrogen) atoms. The molecule has 0 spiro atoms. The number of hydrogen-bond donors (Lipinski definition) is 1. The van der Waals surface area contributed by atoms with Gasteiger partial charge in [-0.2, -0.15) is 5.10 Å². The van der Waals surface area contributed by atoms with Crippen LogP contribution in [0, 0.1) is 10.1 Å². The van der Waals surface area contributed by atoms with E-state index >= 15 is 0 Å². The molecule has 0 aliphatic rings. The lowest BCUT2D eigenvalue weighted by atomic mass is 10.1. The summed E-state index contributed by atoms with van der Waals surface area (Å²) in [5, 5.41) is 14.5. The van der Waals surface area contributed by atoms with Gasteiger partial charge >= 0.3 is 0 Å². The summed E-state index contributed by atoms with van der Waals surface area (Å²) in [6.45, 7) is 0. The van der Waals surface area contributed by atoms with Crippen molar-refractivity contribution >= 4 is 39.8 Å². The molecule has 2 rings (SSSR count). The molecule has 0 atom stereocenters. The van der Waals surface area contributed by atoms with Crippen LogP contribution in [-0.4, -0.2) is 17.0 Å². The molecule has 2 aromatic carbocycles. The van der Waals surface area contributed by atoms with Crippen LogP contribution in [0.1, 0.15) is 11.1 Å². The van der Waals surface area contributed by atoms with Crippen LogP contribution in [0.3, 0.4) is 0 Å². The van der Waals surface area contributed by atoms with Crippen LogP contribution in [-0.2, 0) is 11.2 Å². The number of amides is 1. The lowest BCUT2D eigenvalue weighted by Crippen LogP contribution is -2.19. The minimum atomic E-state index is -0.451. The molecule has 0 aliphatic heterocycles. The standard InChI is InChI=1S/C17H14BrN3O3/c18-15-8-6-14(7-9-15)12-17(22)20-19-10-2-4-13-3-1-5-16(11-13)21(23)24/h1-11H,12H2,(H,20,22). The van der Waals surface area contributed by atoms with Crippen LogP contribution >= 0.6 is 15.9 Å². The van der Waals surface area contributed by atoms with Crippen molar-refractivity contribution < 1.29 is 9.72 Å². The van der Waals surface area contributed by atoms with Gasteiger partial charge in [0.1, 0.15) is 0 Å². The van der Waals surface area contributed by atoms with Crippen molar-refractivity contribution in [3.8, 4) is 0 Å². The van der Waals surface area contributed by atoms with E-state index < -0.39 is 4.92 Å². The van der Waals surface area contributed by atoms with Gasteiger partial charge in [0.25, 0.3) is 5.69 Å². The summed E-state index contributed by atoms with van der Waals surface area (Å²) in [5.41, 5.74) is 4.01. The number of hydrazone groups is 1. The average molecular weight is 388 g/mol. The van der Waals surface area contributed by atoms with Crippen LogP contribution in [0.5, 0.6) is 0 Å². The predicted octanol–water partition coefficient (Wildman–Crippen LogP) is 3.72. The number of hydrogen-bond acceptors (Lipinski definition) is 4. The fourth-order valence-electron chi connectivity index (χ4n) is 1.88. The highest BCUT2D eigenvalue weighted by atomic mass is 79.9. The zero-order chi connectivity index (χ0) is 17.4. The Labute approximate surface area is 147 Å². The van der Waals surface area contributed by atoms with Crippen LogP contribution in [0.2, 0.25) is 0 Å². The number of allylic oxidation sites excluding steroid dienone is 1. The van der Waals surface area contributed by atoms with E-state index in [2.05, 4.69) is 26.5 Å². The average Bonchev–Trinajstić information content (AvgIpc) is 2.57. The molecule has 0 bridgehead atoms. The highest BCUT2D eigenvalue weighted by Crippen LogP contribution is 2.14. The Morgan fingerprint density at radius 1 is 1.25 bits per heavy atom. The zero-order valence-corrected chi connectivity index (χ0v) is 14.1. The van der Waals surface area contributed by atoms with Crippen molar-refractivity contribution in [1.29, 1.82) is 0 Å². The van der Waals surface area contributed by atoms with Gasteiger partial charge in [0, 0.05) is 22.8 Å². The Bertz CT molecular complexity index is 786. The quantitative estimate of drug-likeness (QED) is 0.465. The molecule has 7 heteroatoms. The number of rotatable bonds is 6. The molecular formula is C17H14BrN3O3. The monoisotopic (exact) mass is 387 g/mol. The third kappa shape index (κ3) is 5.77. The van der Waals surface area contributed by atoms with E-state index in [4.69, 9.17) is 0 Å². The molecule has 0 fully saturated rings. The minimum absolute atomic E-state index is 0.0249. The van der Waals surface area contributed by atoms with Gasteiger partial charge in [-0.15, -0.1) is 0 Å². The summed E-state index contributed by atoms with van der Waals surface area (Å²) < 4.78 is 0.955. The summed E-state index contributed by atoms with van der Waals surface area (Å²) >= 11 is 3.33. The van der Waals surface area contributed by atoms with Crippen molar-refractivity contribution in [3.63, 3.8) is 0 Å². The number of carbonyl (C=O) groups excluding carboxylic acids is 1. The summed E-state index contributed by atoms with van der Waals surface area (Å²) in [7, 11) is 0.